The van der Waals surface area contributed by atoms with Gasteiger partial charge >= 0.3 is 6.18 Å². The van der Waals surface area contributed by atoms with Crippen LogP contribution in [0.2, 0.25) is 0 Å². The van der Waals surface area contributed by atoms with E-state index in [1.165, 1.54) is 18.0 Å². The van der Waals surface area contributed by atoms with Crippen molar-refractivity contribution >= 4 is 44.2 Å². The van der Waals surface area contributed by atoms with Gasteiger partial charge in [0.15, 0.2) is 0 Å². The van der Waals surface area contributed by atoms with E-state index < -0.39 is 18.5 Å². The number of amides is 1. The van der Waals surface area contributed by atoms with E-state index >= 15 is 0 Å². The number of primary amides is 1. The predicted octanol–water partition coefficient (Wildman–Crippen LogP) is 4.48. The molecule has 3 N–H and O–H groups in total. The van der Waals surface area contributed by atoms with E-state index in [1.807, 2.05) is 6.07 Å². The fourth-order valence-electron chi connectivity index (χ4n) is 5.68. The zero-order valence-corrected chi connectivity index (χ0v) is 20.3. The van der Waals surface area contributed by atoms with Crippen molar-refractivity contribution in [2.45, 2.75) is 32.0 Å². The highest BCUT2D eigenvalue weighted by atomic mass is 32.1. The van der Waals surface area contributed by atoms with Gasteiger partial charge < -0.3 is 15.6 Å². The van der Waals surface area contributed by atoms with Crippen molar-refractivity contribution in [3.8, 4) is 0 Å². The maximum Gasteiger partial charge on any atom is 0.393 e. The molecule has 2 fully saturated rings. The standard InChI is InChI=1S/C25H25F3N6OS/c26-25(27,28)10-17-9-19-21(36-17)23(31-14-30-19)34-6-4-24(13-34)3-5-33(12-24)11-15-1-2-18-16(7-15)8-20(32-18)22(29)35/h1-2,7-9,14,32H,3-6,10-13H2,(H2,29,35). The number of nitrogens with two attached hydrogens (primary N) is 1. The Morgan fingerprint density at radius 3 is 2.78 bits per heavy atom. The molecular formula is C25H25F3N6OS. The van der Waals surface area contributed by atoms with E-state index in [0.29, 0.717) is 11.2 Å². The van der Waals surface area contributed by atoms with Crippen molar-refractivity contribution < 1.29 is 18.0 Å². The van der Waals surface area contributed by atoms with Crippen LogP contribution in [0.5, 0.6) is 0 Å². The number of benzene rings is 1. The number of aromatic amines is 1. The van der Waals surface area contributed by atoms with Gasteiger partial charge in [-0.25, -0.2) is 9.97 Å². The molecule has 0 radical (unpaired) electrons. The lowest BCUT2D eigenvalue weighted by atomic mass is 9.86. The maximum atomic E-state index is 12.9. The number of likely N-dealkylation sites (tertiary alicyclic amines) is 1. The van der Waals surface area contributed by atoms with Gasteiger partial charge in [0.2, 0.25) is 0 Å². The van der Waals surface area contributed by atoms with Gasteiger partial charge in [0.25, 0.3) is 5.91 Å². The highest BCUT2D eigenvalue weighted by molar-refractivity contribution is 7.19. The summed E-state index contributed by atoms with van der Waals surface area (Å²) in [7, 11) is 0. The van der Waals surface area contributed by atoms with Crippen LogP contribution in [0.3, 0.4) is 0 Å². The van der Waals surface area contributed by atoms with E-state index in [9.17, 15) is 18.0 Å². The van der Waals surface area contributed by atoms with Crippen LogP contribution in [-0.4, -0.2) is 58.1 Å². The molecule has 2 aliphatic rings. The minimum Gasteiger partial charge on any atom is -0.364 e. The molecule has 36 heavy (non-hydrogen) atoms. The lowest BCUT2D eigenvalue weighted by molar-refractivity contribution is -0.126. The number of alkyl halides is 3. The Bertz CT molecular complexity index is 1460. The molecule has 1 spiro atoms. The molecule has 3 aromatic heterocycles. The Morgan fingerprint density at radius 1 is 1.14 bits per heavy atom. The van der Waals surface area contributed by atoms with Gasteiger partial charge in [-0.15, -0.1) is 11.3 Å². The van der Waals surface area contributed by atoms with Crippen molar-refractivity contribution in [1.82, 2.24) is 19.9 Å². The summed E-state index contributed by atoms with van der Waals surface area (Å²) in [6.07, 6.45) is -1.64. The fourth-order valence-corrected chi connectivity index (χ4v) is 6.84. The Kier molecular flexibility index (Phi) is 5.45. The molecule has 1 atom stereocenters. The minimum atomic E-state index is -4.24. The van der Waals surface area contributed by atoms with Gasteiger partial charge in [0.1, 0.15) is 17.8 Å². The molecule has 2 aliphatic heterocycles. The number of carbonyl (C=O) groups excluding carboxylic acids is 1. The van der Waals surface area contributed by atoms with E-state index in [0.717, 1.165) is 78.3 Å². The van der Waals surface area contributed by atoms with Crippen molar-refractivity contribution in [2.24, 2.45) is 11.1 Å². The van der Waals surface area contributed by atoms with Crippen LogP contribution < -0.4 is 10.6 Å². The SMILES string of the molecule is NC(=O)c1cc2cc(CN3CCC4(CCN(c5ncnc6cc(CC(F)(F)F)sc56)C4)C3)ccc2[nH]1. The quantitative estimate of drug-likeness (QED) is 0.410. The van der Waals surface area contributed by atoms with Gasteiger partial charge in [-0.2, -0.15) is 13.2 Å². The lowest BCUT2D eigenvalue weighted by Crippen LogP contribution is -2.31. The number of nitrogens with zero attached hydrogens (tertiary/aromatic N) is 4. The molecule has 6 rings (SSSR count). The number of thiophene rings is 1. The van der Waals surface area contributed by atoms with Crippen LogP contribution in [0.1, 0.15) is 33.8 Å². The molecule has 7 nitrogen and oxygen atoms in total. The Balaban J connectivity index is 1.16. The van der Waals surface area contributed by atoms with Crippen LogP contribution in [0.4, 0.5) is 19.0 Å². The Hall–Kier alpha value is -3.18. The number of anilines is 1. The second-order valence-electron chi connectivity index (χ2n) is 10.0. The predicted molar refractivity (Wildman–Crippen MR) is 133 cm³/mol. The number of H-pyrrole nitrogens is 1. The van der Waals surface area contributed by atoms with Crippen molar-refractivity contribution in [1.29, 1.82) is 0 Å². The number of carbonyl (C=O) groups is 1. The number of aromatic nitrogens is 3. The zero-order valence-electron chi connectivity index (χ0n) is 19.4. The van der Waals surface area contributed by atoms with E-state index in [2.05, 4.69) is 36.9 Å². The summed E-state index contributed by atoms with van der Waals surface area (Å²) in [6.45, 7) is 4.43. The second-order valence-corrected chi connectivity index (χ2v) is 11.2. The molecule has 0 saturated carbocycles. The van der Waals surface area contributed by atoms with Crippen LogP contribution in [0, 0.1) is 5.41 Å². The molecule has 1 aromatic carbocycles. The zero-order chi connectivity index (χ0) is 25.1. The number of nitrogens with one attached hydrogen (secondary N) is 1. The van der Waals surface area contributed by atoms with Gasteiger partial charge in [0.05, 0.1) is 16.6 Å². The molecule has 4 aromatic rings. The summed E-state index contributed by atoms with van der Waals surface area (Å²) < 4.78 is 39.5. The van der Waals surface area contributed by atoms with E-state index in [-0.39, 0.29) is 10.3 Å². The molecule has 1 unspecified atom stereocenters. The monoisotopic (exact) mass is 514 g/mol. The molecule has 188 valence electrons. The summed E-state index contributed by atoms with van der Waals surface area (Å²) in [4.78, 5) is 28.1. The van der Waals surface area contributed by atoms with Crippen molar-refractivity contribution in [3.05, 3.63) is 52.8 Å². The van der Waals surface area contributed by atoms with Crippen LogP contribution in [-0.2, 0) is 13.0 Å². The summed E-state index contributed by atoms with van der Waals surface area (Å²) in [5, 5.41) is 0.968. The fraction of sp³-hybridized carbons (Fsp3) is 0.400. The molecular weight excluding hydrogens is 489 g/mol. The van der Waals surface area contributed by atoms with E-state index in [4.69, 9.17) is 5.73 Å². The third kappa shape index (κ3) is 4.41. The van der Waals surface area contributed by atoms with Crippen molar-refractivity contribution in [3.63, 3.8) is 0 Å². The molecule has 0 aliphatic carbocycles. The van der Waals surface area contributed by atoms with Gasteiger partial charge in [-0.1, -0.05) is 6.07 Å². The average molecular weight is 515 g/mol. The van der Waals surface area contributed by atoms with Crippen LogP contribution in [0.15, 0.2) is 36.7 Å². The smallest absolute Gasteiger partial charge is 0.364 e. The minimum absolute atomic E-state index is 0.140. The summed E-state index contributed by atoms with van der Waals surface area (Å²) in [5.74, 6) is 0.275. The van der Waals surface area contributed by atoms with E-state index in [1.54, 1.807) is 6.07 Å². The number of halogens is 3. The Labute approximate surface area is 209 Å². The second kappa shape index (κ2) is 8.45. The molecule has 0 bridgehead atoms. The first-order chi connectivity index (χ1) is 17.2. The topological polar surface area (TPSA) is 91.1 Å². The Morgan fingerprint density at radius 2 is 1.97 bits per heavy atom. The summed E-state index contributed by atoms with van der Waals surface area (Å²) in [6, 6.07) is 9.47. The number of hydrogen-bond donors (Lipinski definition) is 2. The first-order valence-corrected chi connectivity index (χ1v) is 12.7. The van der Waals surface area contributed by atoms with Crippen LogP contribution >= 0.6 is 11.3 Å². The molecule has 5 heterocycles. The van der Waals surface area contributed by atoms with Crippen LogP contribution in [0.25, 0.3) is 21.1 Å². The highest BCUT2D eigenvalue weighted by Gasteiger charge is 2.44. The molecule has 1 amide bonds. The molecule has 11 heteroatoms. The van der Waals surface area contributed by atoms with Gasteiger partial charge in [0, 0.05) is 47.4 Å². The largest absolute Gasteiger partial charge is 0.393 e. The maximum absolute atomic E-state index is 12.9. The highest BCUT2D eigenvalue weighted by Crippen LogP contribution is 2.43. The van der Waals surface area contributed by atoms with Gasteiger partial charge in [-0.05, 0) is 49.2 Å². The normalized spacial score (nSPS) is 20.9. The summed E-state index contributed by atoms with van der Waals surface area (Å²) in [5.41, 5.74) is 8.58. The molecule has 2 saturated heterocycles. The number of fused-ring (bicyclic) bond motifs is 2. The first kappa shape index (κ1) is 23.2. The van der Waals surface area contributed by atoms with Gasteiger partial charge in [-0.3, -0.25) is 9.69 Å². The third-order valence-electron chi connectivity index (χ3n) is 7.33. The summed E-state index contributed by atoms with van der Waals surface area (Å²) >= 11 is 1.15. The number of rotatable bonds is 5. The van der Waals surface area contributed by atoms with Crippen molar-refractivity contribution in [2.75, 3.05) is 31.1 Å². The first-order valence-electron chi connectivity index (χ1n) is 11.9. The average Bonchev–Trinajstić information content (AvgIpc) is 3.58. The number of hydrogen-bond acceptors (Lipinski definition) is 6. The lowest BCUT2D eigenvalue weighted by Gasteiger charge is -2.25. The third-order valence-corrected chi connectivity index (χ3v) is 8.45.